The van der Waals surface area contributed by atoms with Crippen molar-refractivity contribution in [1.29, 1.82) is 0 Å². The largest absolute Gasteiger partial charge is 0.462 e. The van der Waals surface area contributed by atoms with Crippen LogP contribution in [-0.2, 0) is 28.6 Å². The quantitative estimate of drug-likeness (QED) is 0.0261. The number of rotatable bonds is 57. The summed E-state index contributed by atoms with van der Waals surface area (Å²) in [6.45, 7) is 6.52. The van der Waals surface area contributed by atoms with Crippen LogP contribution in [0.5, 0.6) is 0 Å². The van der Waals surface area contributed by atoms with Gasteiger partial charge in [-0.1, -0.05) is 280 Å². The molecule has 0 spiro atoms. The molecule has 0 aromatic carbocycles. The molecular formula is C67H118O6. The van der Waals surface area contributed by atoms with Crippen molar-refractivity contribution in [2.24, 2.45) is 0 Å². The smallest absolute Gasteiger partial charge is 0.306 e. The third kappa shape index (κ3) is 59.6. The topological polar surface area (TPSA) is 78.9 Å². The molecule has 1 unspecified atom stereocenters. The standard InChI is InChI=1S/C67H118O6/c1-4-7-10-13-16-19-22-25-28-30-32-33-35-36-39-42-45-48-51-54-57-60-66(69)72-63-64(62-71-65(68)59-56-53-50-47-44-41-38-27-24-21-18-15-12-9-6-3)73-67(70)61-58-55-52-49-46-43-40-37-34-31-29-26-23-20-17-14-11-8-5-2/h8,11,17-18,20-21,26-27,29,34,37-38,64H,4-7,9-10,12-16,19,22-25,28,30-33,35-36,39-63H2,1-3H3/b11-8-,20-17-,21-18-,29-26-,37-34-,38-27-. The molecule has 0 bridgehead atoms. The summed E-state index contributed by atoms with van der Waals surface area (Å²) in [6.07, 6.45) is 79.0. The first-order chi connectivity index (χ1) is 36.0. The number of unbranched alkanes of at least 4 members (excludes halogenated alkanes) is 34. The van der Waals surface area contributed by atoms with Gasteiger partial charge in [0.1, 0.15) is 13.2 Å². The van der Waals surface area contributed by atoms with Crippen LogP contribution >= 0.6 is 0 Å². The van der Waals surface area contributed by atoms with Gasteiger partial charge in [0.05, 0.1) is 0 Å². The Hall–Kier alpha value is -3.15. The number of carbonyl (C=O) groups is 3. The molecule has 73 heavy (non-hydrogen) atoms. The summed E-state index contributed by atoms with van der Waals surface area (Å²) in [4.78, 5) is 38.3. The van der Waals surface area contributed by atoms with Crippen LogP contribution in [-0.4, -0.2) is 37.2 Å². The van der Waals surface area contributed by atoms with E-state index in [0.29, 0.717) is 19.3 Å². The Morgan fingerprint density at radius 2 is 0.534 bits per heavy atom. The third-order valence-electron chi connectivity index (χ3n) is 13.7. The van der Waals surface area contributed by atoms with Crippen molar-refractivity contribution < 1.29 is 28.6 Å². The van der Waals surface area contributed by atoms with Crippen molar-refractivity contribution in [2.75, 3.05) is 13.2 Å². The molecule has 0 aliphatic heterocycles. The highest BCUT2D eigenvalue weighted by Crippen LogP contribution is 2.17. The lowest BCUT2D eigenvalue weighted by Gasteiger charge is -2.18. The molecule has 0 aliphatic rings. The number of esters is 3. The van der Waals surface area contributed by atoms with Gasteiger partial charge in [0.25, 0.3) is 0 Å². The minimum Gasteiger partial charge on any atom is -0.462 e. The van der Waals surface area contributed by atoms with E-state index in [1.807, 2.05) is 0 Å². The van der Waals surface area contributed by atoms with Crippen molar-refractivity contribution in [3.8, 4) is 0 Å². The lowest BCUT2D eigenvalue weighted by molar-refractivity contribution is -0.167. The molecule has 0 amide bonds. The summed E-state index contributed by atoms with van der Waals surface area (Å²) in [6, 6.07) is 0. The van der Waals surface area contributed by atoms with E-state index in [1.165, 1.54) is 161 Å². The minimum atomic E-state index is -0.789. The highest BCUT2D eigenvalue weighted by atomic mass is 16.6. The summed E-state index contributed by atoms with van der Waals surface area (Å²) >= 11 is 0. The van der Waals surface area contributed by atoms with Gasteiger partial charge in [-0.2, -0.15) is 0 Å². The molecule has 6 nitrogen and oxygen atoms in total. The van der Waals surface area contributed by atoms with Crippen molar-refractivity contribution >= 4 is 17.9 Å². The van der Waals surface area contributed by atoms with E-state index in [4.69, 9.17) is 14.2 Å². The molecule has 0 aromatic rings. The minimum absolute atomic E-state index is 0.0833. The number of hydrogen-bond acceptors (Lipinski definition) is 6. The Kier molecular flexibility index (Phi) is 58.7. The molecule has 0 saturated carbocycles. The summed E-state index contributed by atoms with van der Waals surface area (Å²) in [7, 11) is 0. The zero-order chi connectivity index (χ0) is 52.9. The van der Waals surface area contributed by atoms with E-state index < -0.39 is 6.10 Å². The molecule has 0 rings (SSSR count). The van der Waals surface area contributed by atoms with Crippen LogP contribution in [0.15, 0.2) is 72.9 Å². The van der Waals surface area contributed by atoms with Crippen LogP contribution < -0.4 is 0 Å². The monoisotopic (exact) mass is 1020 g/mol. The van der Waals surface area contributed by atoms with E-state index in [1.54, 1.807) is 0 Å². The normalized spacial score (nSPS) is 12.5. The molecule has 0 aromatic heterocycles. The number of carbonyl (C=O) groups excluding carboxylic acids is 3. The fraction of sp³-hybridized carbons (Fsp3) is 0.776. The number of hydrogen-bond donors (Lipinski definition) is 0. The number of ether oxygens (including phenoxy) is 3. The molecule has 0 heterocycles. The Morgan fingerprint density at radius 3 is 0.863 bits per heavy atom. The molecule has 1 atom stereocenters. The first-order valence-corrected chi connectivity index (χ1v) is 31.4. The van der Waals surface area contributed by atoms with Gasteiger partial charge in [-0.3, -0.25) is 14.4 Å². The van der Waals surface area contributed by atoms with E-state index in [-0.39, 0.29) is 31.1 Å². The molecule has 6 heteroatoms. The Labute approximate surface area is 453 Å². The second kappa shape index (κ2) is 61.4. The van der Waals surface area contributed by atoms with Gasteiger partial charge in [-0.25, -0.2) is 0 Å². The van der Waals surface area contributed by atoms with Gasteiger partial charge in [-0.05, 0) is 89.9 Å². The zero-order valence-electron chi connectivity index (χ0n) is 48.4. The second-order valence-corrected chi connectivity index (χ2v) is 20.9. The molecule has 0 radical (unpaired) electrons. The van der Waals surface area contributed by atoms with E-state index in [0.717, 1.165) is 116 Å². The first kappa shape index (κ1) is 69.8. The summed E-state index contributed by atoms with van der Waals surface area (Å²) in [5.74, 6) is -0.897. The third-order valence-corrected chi connectivity index (χ3v) is 13.7. The lowest BCUT2D eigenvalue weighted by atomic mass is 10.0. The van der Waals surface area contributed by atoms with Crippen LogP contribution in [0.1, 0.15) is 316 Å². The van der Waals surface area contributed by atoms with Crippen LogP contribution in [0.2, 0.25) is 0 Å². The predicted octanol–water partition coefficient (Wildman–Crippen LogP) is 21.3. The maximum absolute atomic E-state index is 12.9. The van der Waals surface area contributed by atoms with Gasteiger partial charge < -0.3 is 14.2 Å². The van der Waals surface area contributed by atoms with Crippen LogP contribution in [0, 0.1) is 0 Å². The van der Waals surface area contributed by atoms with Gasteiger partial charge in [0, 0.05) is 19.3 Å². The zero-order valence-corrected chi connectivity index (χ0v) is 48.4. The van der Waals surface area contributed by atoms with Crippen molar-refractivity contribution in [1.82, 2.24) is 0 Å². The van der Waals surface area contributed by atoms with Crippen LogP contribution in [0.3, 0.4) is 0 Å². The summed E-state index contributed by atoms with van der Waals surface area (Å²) < 4.78 is 16.9. The summed E-state index contributed by atoms with van der Waals surface area (Å²) in [5, 5.41) is 0. The molecule has 0 aliphatic carbocycles. The molecule has 0 saturated heterocycles. The van der Waals surface area contributed by atoms with Crippen molar-refractivity contribution in [2.45, 2.75) is 322 Å². The maximum atomic E-state index is 12.9. The predicted molar refractivity (Wildman–Crippen MR) is 316 cm³/mol. The Balaban J connectivity index is 4.37. The van der Waals surface area contributed by atoms with Crippen molar-refractivity contribution in [3.63, 3.8) is 0 Å². The van der Waals surface area contributed by atoms with Crippen LogP contribution in [0.4, 0.5) is 0 Å². The fourth-order valence-corrected chi connectivity index (χ4v) is 9.00. The van der Waals surface area contributed by atoms with Gasteiger partial charge >= 0.3 is 17.9 Å². The first-order valence-electron chi connectivity index (χ1n) is 31.4. The average Bonchev–Trinajstić information content (AvgIpc) is 3.39. The van der Waals surface area contributed by atoms with E-state index in [9.17, 15) is 14.4 Å². The van der Waals surface area contributed by atoms with Crippen molar-refractivity contribution in [3.05, 3.63) is 72.9 Å². The second-order valence-electron chi connectivity index (χ2n) is 20.9. The average molecular weight is 1020 g/mol. The summed E-state index contributed by atoms with van der Waals surface area (Å²) in [5.41, 5.74) is 0. The SMILES string of the molecule is CC/C=C\C/C=C\C/C=C\C/C=C\CCCCCCCCC(=O)OC(COC(=O)CCCCCCC/C=C\C/C=C\CCCCC)COC(=O)CCCCCCCCCCCCCCCCCCCCCCC. The molecule has 0 N–H and O–H groups in total. The molecular weight excluding hydrogens is 901 g/mol. The lowest BCUT2D eigenvalue weighted by Crippen LogP contribution is -2.30. The maximum Gasteiger partial charge on any atom is 0.306 e. The Bertz CT molecular complexity index is 1360. The highest BCUT2D eigenvalue weighted by Gasteiger charge is 2.19. The molecule has 0 fully saturated rings. The van der Waals surface area contributed by atoms with Gasteiger partial charge in [0.2, 0.25) is 0 Å². The highest BCUT2D eigenvalue weighted by molar-refractivity contribution is 5.71. The van der Waals surface area contributed by atoms with E-state index >= 15 is 0 Å². The van der Waals surface area contributed by atoms with Gasteiger partial charge in [-0.15, -0.1) is 0 Å². The number of allylic oxidation sites excluding steroid dienone is 12. The fourth-order valence-electron chi connectivity index (χ4n) is 9.00. The van der Waals surface area contributed by atoms with Gasteiger partial charge in [0.15, 0.2) is 6.10 Å². The molecule has 422 valence electrons. The Morgan fingerprint density at radius 1 is 0.288 bits per heavy atom. The van der Waals surface area contributed by atoms with E-state index in [2.05, 4.69) is 93.7 Å². The van der Waals surface area contributed by atoms with Crippen LogP contribution in [0.25, 0.3) is 0 Å².